The van der Waals surface area contributed by atoms with Crippen molar-refractivity contribution < 1.29 is 13.3 Å². The molecule has 2 rings (SSSR count). The first-order valence-electron chi connectivity index (χ1n) is 6.23. The molecule has 0 saturated heterocycles. The van der Waals surface area contributed by atoms with Crippen LogP contribution >= 0.6 is 65.3 Å². The van der Waals surface area contributed by atoms with Crippen LogP contribution in [0.2, 0.25) is 6.04 Å². The second-order valence-corrected chi connectivity index (χ2v) is 8.43. The van der Waals surface area contributed by atoms with Crippen molar-refractivity contribution in [3.05, 3.63) is 29.3 Å². The third-order valence-electron chi connectivity index (χ3n) is 3.14. The highest BCUT2D eigenvalue weighted by Gasteiger charge is 2.36. The van der Waals surface area contributed by atoms with Crippen LogP contribution in [0.1, 0.15) is 11.4 Å². The van der Waals surface area contributed by atoms with Crippen LogP contribution in [0.4, 0.5) is 0 Å². The second-order valence-electron chi connectivity index (χ2n) is 4.22. The van der Waals surface area contributed by atoms with E-state index in [0.717, 1.165) is 29.4 Å². The van der Waals surface area contributed by atoms with E-state index in [1.807, 2.05) is 18.2 Å². The smallest absolute Gasteiger partial charge is 0.377 e. The molecule has 0 fully saturated rings. The molecule has 0 aliphatic heterocycles. The molecule has 0 amide bonds. The number of nitrogens with zero attached hydrogens (tertiary/aromatic N) is 1. The van der Waals surface area contributed by atoms with Gasteiger partial charge in [0.25, 0.3) is 0 Å². The topological polar surface area (TPSA) is 40.6 Å². The third-order valence-corrected chi connectivity index (χ3v) is 7.07. The molecule has 0 N–H and O–H groups in total. The Balaban J connectivity index is -0.000001000. The Hall–Kier alpha value is 0.607. The number of aromatic nitrogens is 1. The van der Waals surface area contributed by atoms with E-state index in [-0.39, 0.29) is 54.0 Å². The highest BCUT2D eigenvalue weighted by atomic mass is 32.1. The Morgan fingerprint density at radius 3 is 2.04 bits per heavy atom. The summed E-state index contributed by atoms with van der Waals surface area (Å²) < 4.78 is 17.5. The van der Waals surface area contributed by atoms with Gasteiger partial charge >= 0.3 is 8.80 Å². The lowest BCUT2D eigenvalue weighted by atomic mass is 10.3. The van der Waals surface area contributed by atoms with Crippen molar-refractivity contribution in [1.82, 2.24) is 4.98 Å². The summed E-state index contributed by atoms with van der Waals surface area (Å²) in [5, 5.41) is 1.16. The van der Waals surface area contributed by atoms with E-state index in [9.17, 15) is 0 Å². The molecule has 1 aromatic heterocycles. The molecule has 136 valence electrons. The number of rotatable bonds is 7. The first-order chi connectivity index (χ1) is 9.23. The summed E-state index contributed by atoms with van der Waals surface area (Å²) >= 11 is 1.75. The zero-order chi connectivity index (χ0) is 13.7. The minimum Gasteiger partial charge on any atom is -0.377 e. The van der Waals surface area contributed by atoms with E-state index < -0.39 is 8.80 Å². The highest BCUT2D eigenvalue weighted by Crippen LogP contribution is 2.24. The normalized spacial score (nSPS) is 10.0. The van der Waals surface area contributed by atoms with E-state index >= 15 is 0 Å². The summed E-state index contributed by atoms with van der Waals surface area (Å²) in [6.45, 7) is 0. The van der Waals surface area contributed by atoms with E-state index in [2.05, 4.69) is 11.1 Å². The van der Waals surface area contributed by atoms with Gasteiger partial charge in [0.15, 0.2) is 0 Å². The number of fused-ring (bicyclic) bond motifs is 1. The predicted molar refractivity (Wildman–Crippen MR) is 121 cm³/mol. The number of hydrogen-bond donors (Lipinski definition) is 0. The van der Waals surface area contributed by atoms with Crippen molar-refractivity contribution in [1.29, 1.82) is 0 Å². The minimum absolute atomic E-state index is 0. The van der Waals surface area contributed by atoms with Crippen LogP contribution < -0.4 is 0 Å². The van der Waals surface area contributed by atoms with Crippen molar-refractivity contribution in [2.24, 2.45) is 0 Å². The molecule has 2 aromatic rings. The summed E-state index contributed by atoms with van der Waals surface area (Å²) in [7, 11) is 2.52. The van der Waals surface area contributed by atoms with Crippen LogP contribution in [-0.2, 0) is 19.7 Å². The lowest BCUT2D eigenvalue weighted by Gasteiger charge is -2.23. The number of para-hydroxylation sites is 1. The van der Waals surface area contributed by atoms with Gasteiger partial charge in [0.1, 0.15) is 0 Å². The first kappa shape index (κ1) is 28.4. The van der Waals surface area contributed by atoms with Gasteiger partial charge in [0.05, 0.1) is 15.2 Å². The molecule has 1 aromatic carbocycles. The van der Waals surface area contributed by atoms with Crippen LogP contribution in [0.5, 0.6) is 0 Å². The Morgan fingerprint density at radius 1 is 0.957 bits per heavy atom. The van der Waals surface area contributed by atoms with Crippen molar-refractivity contribution in [2.45, 2.75) is 18.9 Å². The molecule has 0 spiro atoms. The molecule has 0 saturated carbocycles. The van der Waals surface area contributed by atoms with Crippen molar-refractivity contribution in [3.63, 3.8) is 0 Å². The molecule has 0 bridgehead atoms. The SMILES string of the molecule is CO[Si](CCCc1nc2ccccc2s1)(OC)OC.S.S.S.S. The molecule has 0 unspecified atom stereocenters. The Bertz CT molecular complexity index is 498. The average molecular weight is 434 g/mol. The summed E-state index contributed by atoms with van der Waals surface area (Å²) in [5.74, 6) is 0. The maximum atomic E-state index is 5.41. The first-order valence-corrected chi connectivity index (χ1v) is 8.98. The fourth-order valence-electron chi connectivity index (χ4n) is 2.04. The molecule has 4 nitrogen and oxygen atoms in total. The zero-order valence-electron chi connectivity index (χ0n) is 13.5. The molecule has 0 atom stereocenters. The maximum absolute atomic E-state index is 5.41. The zero-order valence-corrected chi connectivity index (χ0v) is 19.3. The van der Waals surface area contributed by atoms with Gasteiger partial charge in [-0.25, -0.2) is 4.98 Å². The average Bonchev–Trinajstić information content (AvgIpc) is 2.87. The van der Waals surface area contributed by atoms with Crippen LogP contribution in [-0.4, -0.2) is 35.1 Å². The van der Waals surface area contributed by atoms with E-state index in [1.165, 1.54) is 4.70 Å². The Morgan fingerprint density at radius 2 is 1.52 bits per heavy atom. The third kappa shape index (κ3) is 7.57. The number of benzene rings is 1. The minimum atomic E-state index is -2.43. The highest BCUT2D eigenvalue weighted by molar-refractivity contribution is 7.59. The molecule has 0 radical (unpaired) electrons. The largest absolute Gasteiger partial charge is 0.500 e. The molecular formula is C13H27NO3S5Si. The molecule has 0 aliphatic rings. The maximum Gasteiger partial charge on any atom is 0.500 e. The van der Waals surface area contributed by atoms with E-state index in [0.29, 0.717) is 0 Å². The van der Waals surface area contributed by atoms with Gasteiger partial charge in [-0.05, 0) is 25.0 Å². The van der Waals surface area contributed by atoms with Crippen LogP contribution in [0, 0.1) is 0 Å². The Kier molecular flexibility index (Phi) is 17.1. The van der Waals surface area contributed by atoms with Gasteiger partial charge < -0.3 is 13.3 Å². The van der Waals surface area contributed by atoms with Gasteiger partial charge in [0, 0.05) is 27.4 Å². The molecule has 0 aliphatic carbocycles. The molecule has 10 heteroatoms. The fourth-order valence-corrected chi connectivity index (χ4v) is 4.77. The molecule has 1 heterocycles. The fraction of sp³-hybridized carbons (Fsp3) is 0.462. The second kappa shape index (κ2) is 13.8. The Labute approximate surface area is 171 Å². The number of hydrogen-bond acceptors (Lipinski definition) is 5. The standard InChI is InChI=1S/C13H19NO3SSi.4H2S/c1-15-19(16-2,17-3)10-6-9-13-14-11-7-4-5-8-12(11)18-13;;;;/h4-5,7-8H,6,9-10H2,1-3H3;4*1H2. The molecule has 23 heavy (non-hydrogen) atoms. The summed E-state index contributed by atoms with van der Waals surface area (Å²) in [6, 6.07) is 9.03. The van der Waals surface area contributed by atoms with Gasteiger partial charge in [0.2, 0.25) is 0 Å². The monoisotopic (exact) mass is 433 g/mol. The quantitative estimate of drug-likeness (QED) is 0.626. The summed E-state index contributed by atoms with van der Waals surface area (Å²) in [6.07, 6.45) is 1.89. The van der Waals surface area contributed by atoms with E-state index in [1.54, 1.807) is 32.7 Å². The number of thiazole rings is 1. The predicted octanol–water partition coefficient (Wildman–Crippen LogP) is 3.56. The van der Waals surface area contributed by atoms with Crippen LogP contribution in [0.25, 0.3) is 10.2 Å². The van der Waals surface area contributed by atoms with Gasteiger partial charge in [-0.1, -0.05) is 12.1 Å². The molecular weight excluding hydrogens is 407 g/mol. The van der Waals surface area contributed by atoms with Crippen molar-refractivity contribution in [2.75, 3.05) is 21.3 Å². The van der Waals surface area contributed by atoms with E-state index in [4.69, 9.17) is 13.3 Å². The number of aryl methyl sites for hydroxylation is 1. The van der Waals surface area contributed by atoms with Crippen LogP contribution in [0.15, 0.2) is 24.3 Å². The van der Waals surface area contributed by atoms with Crippen molar-refractivity contribution in [3.8, 4) is 0 Å². The summed E-state index contributed by atoms with van der Waals surface area (Å²) in [4.78, 5) is 4.62. The lowest BCUT2D eigenvalue weighted by Crippen LogP contribution is -2.42. The summed E-state index contributed by atoms with van der Waals surface area (Å²) in [5.41, 5.74) is 1.08. The van der Waals surface area contributed by atoms with Gasteiger partial charge in [-0.3, -0.25) is 0 Å². The van der Waals surface area contributed by atoms with Crippen molar-refractivity contribution >= 4 is 84.3 Å². The lowest BCUT2D eigenvalue weighted by molar-refractivity contribution is 0.123. The van der Waals surface area contributed by atoms with Gasteiger partial charge in [-0.2, -0.15) is 54.0 Å². The van der Waals surface area contributed by atoms with Gasteiger partial charge in [-0.15, -0.1) is 11.3 Å². The van der Waals surface area contributed by atoms with Crippen LogP contribution in [0.3, 0.4) is 0 Å².